The molecule has 1 aliphatic carbocycles. The first-order valence-corrected chi connectivity index (χ1v) is 9.03. The molecule has 1 unspecified atom stereocenters. The Bertz CT molecular complexity index is 790. The number of carboxylic acid groups (broad SMARTS) is 1. The average molecular weight is 322 g/mol. The Morgan fingerprint density at radius 3 is 2.86 bits per heavy atom. The first kappa shape index (κ1) is 14.3. The molecule has 1 atom stereocenters. The Balaban J connectivity index is 1.94. The van der Waals surface area contributed by atoms with Crippen LogP contribution < -0.4 is 0 Å². The van der Waals surface area contributed by atoms with Crippen molar-refractivity contribution in [3.8, 4) is 0 Å². The van der Waals surface area contributed by atoms with Gasteiger partial charge in [-0.05, 0) is 54.5 Å². The lowest BCUT2D eigenvalue weighted by Crippen LogP contribution is -2.28. The summed E-state index contributed by atoms with van der Waals surface area (Å²) in [7, 11) is -3.50. The van der Waals surface area contributed by atoms with Crippen LogP contribution in [0.4, 0.5) is 0 Å². The van der Waals surface area contributed by atoms with Crippen LogP contribution in [0.15, 0.2) is 40.6 Å². The van der Waals surface area contributed by atoms with Crippen molar-refractivity contribution in [1.29, 1.82) is 0 Å². The third-order valence-electron chi connectivity index (χ3n) is 3.83. The molecule has 1 aliphatic rings. The molecule has 1 aromatic carbocycles. The fourth-order valence-corrected chi connectivity index (χ4v) is 5.38. The molecule has 1 aromatic heterocycles. The van der Waals surface area contributed by atoms with Crippen LogP contribution in [0.1, 0.15) is 27.2 Å². The summed E-state index contributed by atoms with van der Waals surface area (Å²) >= 11 is 1.67. The van der Waals surface area contributed by atoms with Gasteiger partial charge in [-0.3, -0.25) is 0 Å². The SMILES string of the molecule is O=C(O)c1cccc(S(=O)(=O)C2CCc3sccc3C2)c1. The summed E-state index contributed by atoms with van der Waals surface area (Å²) in [6.07, 6.45) is 1.88. The van der Waals surface area contributed by atoms with Crippen LogP contribution in [0.25, 0.3) is 0 Å². The normalized spacial score (nSPS) is 18.2. The highest BCUT2D eigenvalue weighted by molar-refractivity contribution is 7.92. The molecule has 0 saturated heterocycles. The molecule has 3 rings (SSSR count). The average Bonchev–Trinajstić information content (AvgIpc) is 2.94. The van der Waals surface area contributed by atoms with Gasteiger partial charge in [0.05, 0.1) is 15.7 Å². The van der Waals surface area contributed by atoms with Crippen LogP contribution >= 0.6 is 11.3 Å². The summed E-state index contributed by atoms with van der Waals surface area (Å²) in [5, 5.41) is 10.5. The molecule has 2 aromatic rings. The van der Waals surface area contributed by atoms with Crippen LogP contribution in [-0.4, -0.2) is 24.7 Å². The Morgan fingerprint density at radius 2 is 2.10 bits per heavy atom. The highest BCUT2D eigenvalue weighted by atomic mass is 32.2. The highest BCUT2D eigenvalue weighted by Crippen LogP contribution is 2.32. The summed E-state index contributed by atoms with van der Waals surface area (Å²) < 4.78 is 25.4. The van der Waals surface area contributed by atoms with E-state index in [4.69, 9.17) is 5.11 Å². The second-order valence-electron chi connectivity index (χ2n) is 5.11. The second kappa shape index (κ2) is 5.27. The number of hydrogen-bond donors (Lipinski definition) is 1. The van der Waals surface area contributed by atoms with Crippen molar-refractivity contribution in [2.24, 2.45) is 0 Å². The highest BCUT2D eigenvalue weighted by Gasteiger charge is 2.31. The van der Waals surface area contributed by atoms with Crippen molar-refractivity contribution in [3.05, 3.63) is 51.7 Å². The van der Waals surface area contributed by atoms with E-state index in [1.807, 2.05) is 11.4 Å². The maximum absolute atomic E-state index is 12.7. The van der Waals surface area contributed by atoms with Crippen molar-refractivity contribution in [2.75, 3.05) is 0 Å². The molecule has 6 heteroatoms. The summed E-state index contributed by atoms with van der Waals surface area (Å²) in [4.78, 5) is 12.4. The predicted molar refractivity (Wildman–Crippen MR) is 80.7 cm³/mol. The van der Waals surface area contributed by atoms with E-state index < -0.39 is 21.1 Å². The van der Waals surface area contributed by atoms with E-state index in [1.54, 1.807) is 11.3 Å². The largest absolute Gasteiger partial charge is 0.478 e. The number of rotatable bonds is 3. The lowest BCUT2D eigenvalue weighted by Gasteiger charge is -2.22. The zero-order valence-electron chi connectivity index (χ0n) is 11.2. The molecular formula is C15H14O4S2. The van der Waals surface area contributed by atoms with Gasteiger partial charge in [0.2, 0.25) is 0 Å². The number of thiophene rings is 1. The Kier molecular flexibility index (Phi) is 3.59. The number of benzene rings is 1. The number of fused-ring (bicyclic) bond motifs is 1. The summed E-state index contributed by atoms with van der Waals surface area (Å²) in [6.45, 7) is 0. The third kappa shape index (κ3) is 2.61. The number of carboxylic acids is 1. The molecule has 21 heavy (non-hydrogen) atoms. The molecule has 4 nitrogen and oxygen atoms in total. The Morgan fingerprint density at radius 1 is 1.29 bits per heavy atom. The zero-order chi connectivity index (χ0) is 15.0. The van der Waals surface area contributed by atoms with Gasteiger partial charge in [0, 0.05) is 4.88 Å². The van der Waals surface area contributed by atoms with Gasteiger partial charge in [-0.25, -0.2) is 13.2 Å². The maximum atomic E-state index is 12.7. The van der Waals surface area contributed by atoms with E-state index in [2.05, 4.69) is 0 Å². The summed E-state index contributed by atoms with van der Waals surface area (Å²) in [5.74, 6) is -1.11. The molecule has 0 bridgehead atoms. The molecule has 0 spiro atoms. The van der Waals surface area contributed by atoms with Gasteiger partial charge in [-0.15, -0.1) is 11.3 Å². The fourth-order valence-electron chi connectivity index (χ4n) is 2.67. The topological polar surface area (TPSA) is 71.4 Å². The van der Waals surface area contributed by atoms with E-state index in [0.29, 0.717) is 12.8 Å². The molecule has 0 aliphatic heterocycles. The molecular weight excluding hydrogens is 308 g/mol. The first-order valence-electron chi connectivity index (χ1n) is 6.61. The minimum absolute atomic E-state index is 0.00288. The standard InChI is InChI=1S/C15H14O4S2/c16-15(17)11-2-1-3-12(9-11)21(18,19)13-4-5-14-10(8-13)6-7-20-14/h1-3,6-7,9,13H,4-5,8H2,(H,16,17). The van der Waals surface area contributed by atoms with E-state index >= 15 is 0 Å². The van der Waals surface area contributed by atoms with Gasteiger partial charge in [0.15, 0.2) is 9.84 Å². The lowest BCUT2D eigenvalue weighted by atomic mass is 9.99. The first-order chi connectivity index (χ1) is 9.98. The van der Waals surface area contributed by atoms with Crippen molar-refractivity contribution < 1.29 is 18.3 Å². The molecule has 1 N–H and O–H groups in total. The van der Waals surface area contributed by atoms with E-state index in [-0.39, 0.29) is 10.5 Å². The molecule has 0 saturated carbocycles. The quantitative estimate of drug-likeness (QED) is 0.943. The van der Waals surface area contributed by atoms with Crippen LogP contribution in [0, 0.1) is 0 Å². The van der Waals surface area contributed by atoms with Gasteiger partial charge in [0.25, 0.3) is 0 Å². The fraction of sp³-hybridized carbons (Fsp3) is 0.267. The number of aromatic carboxylic acids is 1. The van der Waals surface area contributed by atoms with Gasteiger partial charge in [0.1, 0.15) is 0 Å². The smallest absolute Gasteiger partial charge is 0.335 e. The monoisotopic (exact) mass is 322 g/mol. The van der Waals surface area contributed by atoms with Crippen LogP contribution in [-0.2, 0) is 22.7 Å². The van der Waals surface area contributed by atoms with Crippen molar-refractivity contribution in [1.82, 2.24) is 0 Å². The predicted octanol–water partition coefficient (Wildman–Crippen LogP) is 2.78. The summed E-state index contributed by atoms with van der Waals surface area (Å²) in [5.41, 5.74) is 1.11. The zero-order valence-corrected chi connectivity index (χ0v) is 12.8. The Labute approximate surface area is 127 Å². The van der Waals surface area contributed by atoms with Crippen LogP contribution in [0.5, 0.6) is 0 Å². The summed E-state index contributed by atoms with van der Waals surface area (Å²) in [6, 6.07) is 7.59. The van der Waals surface area contributed by atoms with Crippen molar-refractivity contribution in [3.63, 3.8) is 0 Å². The van der Waals surface area contributed by atoms with Gasteiger partial charge >= 0.3 is 5.97 Å². The van der Waals surface area contributed by atoms with Crippen molar-refractivity contribution >= 4 is 27.1 Å². The molecule has 0 fully saturated rings. The lowest BCUT2D eigenvalue weighted by molar-refractivity contribution is 0.0696. The van der Waals surface area contributed by atoms with E-state index in [0.717, 1.165) is 12.0 Å². The van der Waals surface area contributed by atoms with Crippen LogP contribution in [0.2, 0.25) is 0 Å². The Hall–Kier alpha value is -1.66. The van der Waals surface area contributed by atoms with Crippen LogP contribution in [0.3, 0.4) is 0 Å². The third-order valence-corrected chi connectivity index (χ3v) is 7.04. The molecule has 1 heterocycles. The van der Waals surface area contributed by atoms with Crippen molar-refractivity contribution in [2.45, 2.75) is 29.4 Å². The maximum Gasteiger partial charge on any atom is 0.335 e. The molecule has 0 radical (unpaired) electrons. The van der Waals surface area contributed by atoms with Gasteiger partial charge in [-0.1, -0.05) is 6.07 Å². The van der Waals surface area contributed by atoms with Gasteiger partial charge in [-0.2, -0.15) is 0 Å². The van der Waals surface area contributed by atoms with Gasteiger partial charge < -0.3 is 5.11 Å². The second-order valence-corrected chi connectivity index (χ2v) is 8.34. The number of sulfone groups is 1. The molecule has 0 amide bonds. The molecule has 110 valence electrons. The van der Waals surface area contributed by atoms with E-state index in [9.17, 15) is 13.2 Å². The minimum Gasteiger partial charge on any atom is -0.478 e. The number of hydrogen-bond acceptors (Lipinski definition) is 4. The van der Waals surface area contributed by atoms with E-state index in [1.165, 1.54) is 29.1 Å². The minimum atomic E-state index is -3.50. The number of carbonyl (C=O) groups is 1. The number of aryl methyl sites for hydroxylation is 1.